The molecule has 3 aromatic rings. The third-order valence-electron chi connectivity index (χ3n) is 4.45. The van der Waals surface area contributed by atoms with Gasteiger partial charge in [-0.2, -0.15) is 5.10 Å². The van der Waals surface area contributed by atoms with E-state index in [1.165, 1.54) is 18.3 Å². The SMILES string of the molecule is CCOc1cc(/C=N/NC(=O)CNS(=O)(=O)c2ccccc2)ccc1OCc1ccc(Cl)cc1. The molecular weight excluding hydrogens is 478 g/mol. The number of carbonyl (C=O) groups excluding carboxylic acids is 1. The van der Waals surface area contributed by atoms with Gasteiger partial charge in [0.2, 0.25) is 10.0 Å². The van der Waals surface area contributed by atoms with Crippen molar-refractivity contribution in [3.05, 3.63) is 88.9 Å². The quantitative estimate of drug-likeness (QED) is 0.307. The summed E-state index contributed by atoms with van der Waals surface area (Å²) >= 11 is 5.91. The van der Waals surface area contributed by atoms with Crippen LogP contribution in [-0.2, 0) is 21.4 Å². The van der Waals surface area contributed by atoms with Gasteiger partial charge >= 0.3 is 0 Å². The summed E-state index contributed by atoms with van der Waals surface area (Å²) in [5.74, 6) is 0.486. The maximum absolute atomic E-state index is 12.2. The van der Waals surface area contributed by atoms with Crippen molar-refractivity contribution in [3.8, 4) is 11.5 Å². The summed E-state index contributed by atoms with van der Waals surface area (Å²) in [6.45, 7) is 2.20. The number of halogens is 1. The Kier molecular flexibility index (Phi) is 9.03. The standard InChI is InChI=1S/C24H24ClN3O5S/c1-2-32-23-14-19(10-13-22(23)33-17-18-8-11-20(25)12-9-18)15-26-28-24(29)16-27-34(30,31)21-6-4-3-5-7-21/h3-15,27H,2,16-17H2,1H3,(H,28,29)/b26-15+. The Balaban J connectivity index is 1.55. The van der Waals surface area contributed by atoms with Gasteiger partial charge in [-0.1, -0.05) is 41.9 Å². The lowest BCUT2D eigenvalue weighted by Gasteiger charge is -2.12. The van der Waals surface area contributed by atoms with Crippen LogP contribution in [0.5, 0.6) is 11.5 Å². The van der Waals surface area contributed by atoms with E-state index in [9.17, 15) is 13.2 Å². The van der Waals surface area contributed by atoms with E-state index in [1.54, 1.807) is 48.5 Å². The Morgan fingerprint density at radius 3 is 2.44 bits per heavy atom. The summed E-state index contributed by atoms with van der Waals surface area (Å²) in [4.78, 5) is 12.0. The van der Waals surface area contributed by atoms with Crippen molar-refractivity contribution >= 4 is 33.7 Å². The van der Waals surface area contributed by atoms with E-state index in [1.807, 2.05) is 19.1 Å². The minimum Gasteiger partial charge on any atom is -0.490 e. The molecule has 0 unspecified atom stereocenters. The first-order chi connectivity index (χ1) is 16.4. The van der Waals surface area contributed by atoms with Crippen LogP contribution in [0, 0.1) is 0 Å². The molecule has 0 aliphatic carbocycles. The third-order valence-corrected chi connectivity index (χ3v) is 6.12. The smallest absolute Gasteiger partial charge is 0.255 e. The molecule has 0 saturated carbocycles. The van der Waals surface area contributed by atoms with Crippen molar-refractivity contribution < 1.29 is 22.7 Å². The number of sulfonamides is 1. The third kappa shape index (κ3) is 7.58. The summed E-state index contributed by atoms with van der Waals surface area (Å²) in [5, 5.41) is 4.54. The zero-order chi connectivity index (χ0) is 24.4. The average Bonchev–Trinajstić information content (AvgIpc) is 2.84. The van der Waals surface area contributed by atoms with Crippen LogP contribution < -0.4 is 19.6 Å². The number of carbonyl (C=O) groups is 1. The molecule has 0 spiro atoms. The molecule has 0 aliphatic heterocycles. The van der Waals surface area contributed by atoms with Gasteiger partial charge in [0.05, 0.1) is 24.3 Å². The molecule has 3 rings (SSSR count). The van der Waals surface area contributed by atoms with Gasteiger partial charge in [0.25, 0.3) is 5.91 Å². The minimum absolute atomic E-state index is 0.0770. The number of hydrogen-bond donors (Lipinski definition) is 2. The first kappa shape index (κ1) is 25.2. The maximum atomic E-state index is 12.2. The lowest BCUT2D eigenvalue weighted by atomic mass is 10.2. The van der Waals surface area contributed by atoms with Gasteiger partial charge in [-0.3, -0.25) is 4.79 Å². The van der Waals surface area contributed by atoms with Crippen LogP contribution in [0.4, 0.5) is 0 Å². The second-order valence-electron chi connectivity index (χ2n) is 6.99. The predicted molar refractivity (Wildman–Crippen MR) is 131 cm³/mol. The monoisotopic (exact) mass is 501 g/mol. The average molecular weight is 502 g/mol. The van der Waals surface area contributed by atoms with Gasteiger partial charge in [0, 0.05) is 5.02 Å². The van der Waals surface area contributed by atoms with Crippen molar-refractivity contribution in [2.75, 3.05) is 13.2 Å². The number of benzene rings is 3. The van der Waals surface area contributed by atoms with Crippen molar-refractivity contribution in [2.24, 2.45) is 5.10 Å². The molecule has 0 fully saturated rings. The number of hydrazone groups is 1. The van der Waals surface area contributed by atoms with Gasteiger partial charge in [0.15, 0.2) is 11.5 Å². The van der Waals surface area contributed by atoms with Crippen LogP contribution in [-0.4, -0.2) is 33.7 Å². The maximum Gasteiger partial charge on any atom is 0.255 e. The van der Waals surface area contributed by atoms with Gasteiger partial charge < -0.3 is 9.47 Å². The first-order valence-corrected chi connectivity index (χ1v) is 12.2. The molecule has 3 aromatic carbocycles. The Bertz CT molecular complexity index is 1230. The second kappa shape index (κ2) is 12.2. The second-order valence-corrected chi connectivity index (χ2v) is 9.19. The highest BCUT2D eigenvalue weighted by Crippen LogP contribution is 2.29. The number of ether oxygens (including phenoxy) is 2. The van der Waals surface area contributed by atoms with Crippen molar-refractivity contribution in [3.63, 3.8) is 0 Å². The fourth-order valence-corrected chi connectivity index (χ4v) is 3.93. The zero-order valence-corrected chi connectivity index (χ0v) is 20.0. The lowest BCUT2D eigenvalue weighted by molar-refractivity contribution is -0.119. The highest BCUT2D eigenvalue weighted by molar-refractivity contribution is 7.89. The topological polar surface area (TPSA) is 106 Å². The molecule has 0 saturated heterocycles. The Hall–Kier alpha value is -3.40. The Labute approximate surface area is 203 Å². The van der Waals surface area contributed by atoms with Gasteiger partial charge in [-0.15, -0.1) is 0 Å². The van der Waals surface area contributed by atoms with Crippen LogP contribution in [0.3, 0.4) is 0 Å². The van der Waals surface area contributed by atoms with E-state index in [2.05, 4.69) is 15.2 Å². The first-order valence-electron chi connectivity index (χ1n) is 10.4. The molecule has 0 atom stereocenters. The summed E-state index contributed by atoms with van der Waals surface area (Å²) in [6.07, 6.45) is 1.43. The molecule has 1 amide bonds. The number of hydrogen-bond acceptors (Lipinski definition) is 6. The fraction of sp³-hybridized carbons (Fsp3) is 0.167. The van der Waals surface area contributed by atoms with E-state index in [0.29, 0.717) is 35.3 Å². The minimum atomic E-state index is -3.78. The number of amides is 1. The van der Waals surface area contributed by atoms with Crippen molar-refractivity contribution in [1.82, 2.24) is 10.1 Å². The molecule has 0 heterocycles. The molecule has 178 valence electrons. The molecule has 0 bridgehead atoms. The lowest BCUT2D eigenvalue weighted by Crippen LogP contribution is -2.34. The molecule has 0 aromatic heterocycles. The molecule has 0 radical (unpaired) electrons. The highest BCUT2D eigenvalue weighted by atomic mass is 35.5. The van der Waals surface area contributed by atoms with Gasteiger partial charge in [-0.05, 0) is 60.5 Å². The summed E-state index contributed by atoms with van der Waals surface area (Å²) < 4.78 is 38.1. The van der Waals surface area contributed by atoms with Gasteiger partial charge in [-0.25, -0.2) is 18.6 Å². The predicted octanol–water partition coefficient (Wildman–Crippen LogP) is 3.75. The summed E-state index contributed by atoms with van der Waals surface area (Å²) in [7, 11) is -3.78. The molecule has 8 nitrogen and oxygen atoms in total. The Morgan fingerprint density at radius 1 is 1.00 bits per heavy atom. The van der Waals surface area contributed by atoms with Crippen LogP contribution in [0.25, 0.3) is 0 Å². The number of nitrogens with zero attached hydrogens (tertiary/aromatic N) is 1. The fourth-order valence-electron chi connectivity index (χ4n) is 2.80. The number of rotatable bonds is 11. The summed E-state index contributed by atoms with van der Waals surface area (Å²) in [6, 6.07) is 20.4. The van der Waals surface area contributed by atoms with Crippen LogP contribution in [0.15, 0.2) is 82.8 Å². The van der Waals surface area contributed by atoms with Gasteiger partial charge in [0.1, 0.15) is 6.61 Å². The number of nitrogens with one attached hydrogen (secondary N) is 2. The van der Waals surface area contributed by atoms with E-state index < -0.39 is 22.5 Å². The van der Waals surface area contributed by atoms with E-state index in [0.717, 1.165) is 5.56 Å². The zero-order valence-electron chi connectivity index (χ0n) is 18.4. The van der Waals surface area contributed by atoms with E-state index in [4.69, 9.17) is 21.1 Å². The van der Waals surface area contributed by atoms with E-state index >= 15 is 0 Å². The highest BCUT2D eigenvalue weighted by Gasteiger charge is 2.14. The molecule has 34 heavy (non-hydrogen) atoms. The Morgan fingerprint density at radius 2 is 1.74 bits per heavy atom. The van der Waals surface area contributed by atoms with E-state index in [-0.39, 0.29) is 4.90 Å². The normalized spacial score (nSPS) is 11.4. The van der Waals surface area contributed by atoms with Crippen molar-refractivity contribution in [2.45, 2.75) is 18.4 Å². The van der Waals surface area contributed by atoms with Crippen molar-refractivity contribution in [1.29, 1.82) is 0 Å². The molecule has 10 heteroatoms. The molecular formula is C24H24ClN3O5S. The molecule has 0 aliphatic rings. The van der Waals surface area contributed by atoms with Crippen LogP contribution in [0.2, 0.25) is 5.02 Å². The van der Waals surface area contributed by atoms with Crippen LogP contribution in [0.1, 0.15) is 18.1 Å². The van der Waals surface area contributed by atoms with Crippen LogP contribution >= 0.6 is 11.6 Å². The molecule has 2 N–H and O–H groups in total. The largest absolute Gasteiger partial charge is 0.490 e. The summed E-state index contributed by atoms with van der Waals surface area (Å²) in [5.41, 5.74) is 3.91.